The van der Waals surface area contributed by atoms with E-state index in [4.69, 9.17) is 24.4 Å². The van der Waals surface area contributed by atoms with E-state index >= 15 is 0 Å². The fraction of sp³-hybridized carbons (Fsp3) is 0.655. The fourth-order valence-corrected chi connectivity index (χ4v) is 8.54. The lowest BCUT2D eigenvalue weighted by Crippen LogP contribution is -2.55. The molecule has 2 fully saturated rings. The number of amides is 4. The molecule has 2 atom stereocenters. The van der Waals surface area contributed by atoms with E-state index in [1.165, 1.54) is 9.80 Å². The average Bonchev–Trinajstić information content (AvgIpc) is 3.58. The maximum Gasteiger partial charge on any atom is 0.254 e. The minimum absolute atomic E-state index is 0.0897. The number of carbonyl (C=O) groups is 4. The van der Waals surface area contributed by atoms with E-state index in [2.05, 4.69) is 21.3 Å². The highest BCUT2D eigenvalue weighted by Crippen LogP contribution is 2.42. The van der Waals surface area contributed by atoms with Crippen molar-refractivity contribution in [1.29, 1.82) is 0 Å². The molecule has 4 aliphatic heterocycles. The molecule has 4 amide bonds. The van der Waals surface area contributed by atoms with E-state index in [0.29, 0.717) is 49.2 Å². The summed E-state index contributed by atoms with van der Waals surface area (Å²) in [5.74, 6) is 0.776. The van der Waals surface area contributed by atoms with Crippen LogP contribution in [0.25, 0.3) is 0 Å². The summed E-state index contributed by atoms with van der Waals surface area (Å²) in [7, 11) is 0. The highest BCUT2D eigenvalue weighted by molar-refractivity contribution is 8.03. The second-order valence-corrected chi connectivity index (χ2v) is 15.5. The van der Waals surface area contributed by atoms with Crippen molar-refractivity contribution in [3.63, 3.8) is 0 Å². The van der Waals surface area contributed by atoms with E-state index in [9.17, 15) is 19.2 Å². The summed E-state index contributed by atoms with van der Waals surface area (Å²) >= 11 is 14.0. The molecular weight excluding hydrogens is 625 g/mol. The van der Waals surface area contributed by atoms with Crippen LogP contribution in [0.5, 0.6) is 0 Å². The Hall–Kier alpha value is -2.16. The van der Waals surface area contributed by atoms with Gasteiger partial charge in [-0.25, -0.2) is 0 Å². The third-order valence-electron chi connectivity index (χ3n) is 8.23. The normalized spacial score (nSPS) is 22.1. The molecule has 0 radical (unpaired) electrons. The van der Waals surface area contributed by atoms with Crippen molar-refractivity contribution in [2.75, 3.05) is 37.7 Å². The zero-order valence-corrected chi connectivity index (χ0v) is 28.5. The largest absolute Gasteiger partial charge is 0.363 e. The molecule has 14 heteroatoms. The minimum atomic E-state index is -0.623. The van der Waals surface area contributed by atoms with Crippen LogP contribution in [0.15, 0.2) is 22.0 Å². The number of thioether (sulfide) groups is 2. The number of rotatable bonds is 12. The van der Waals surface area contributed by atoms with E-state index in [1.54, 1.807) is 35.7 Å². The molecule has 2 unspecified atom stereocenters. The molecule has 0 aromatic heterocycles. The Morgan fingerprint density at radius 1 is 0.721 bits per heavy atom. The Morgan fingerprint density at radius 3 is 1.49 bits per heavy atom. The topological polar surface area (TPSA) is 123 Å². The van der Waals surface area contributed by atoms with Crippen LogP contribution < -0.4 is 21.3 Å². The lowest BCUT2D eigenvalue weighted by molar-refractivity contribution is -0.153. The van der Waals surface area contributed by atoms with Gasteiger partial charge in [0.05, 0.1) is 11.8 Å². The van der Waals surface area contributed by atoms with Gasteiger partial charge in [0.25, 0.3) is 11.8 Å². The summed E-state index contributed by atoms with van der Waals surface area (Å²) < 4.78 is 0. The first-order valence-electron chi connectivity index (χ1n) is 14.8. The van der Waals surface area contributed by atoms with E-state index in [-0.39, 0.29) is 35.5 Å². The number of nitrogens with zero attached hydrogens (tertiary/aromatic N) is 2. The Morgan fingerprint density at radius 2 is 1.09 bits per heavy atom. The van der Waals surface area contributed by atoms with Crippen LogP contribution in [-0.2, 0) is 19.2 Å². The van der Waals surface area contributed by atoms with Crippen molar-refractivity contribution < 1.29 is 19.2 Å². The number of hydrogen-bond donors (Lipinski definition) is 4. The average molecular weight is 667 g/mol. The van der Waals surface area contributed by atoms with Gasteiger partial charge in [0.1, 0.15) is 0 Å². The molecule has 0 saturated carbocycles. The molecular formula is C29H42N6O4S4. The molecule has 0 aliphatic carbocycles. The highest BCUT2D eigenvalue weighted by atomic mass is 32.2. The Balaban J connectivity index is 1.07. The summed E-state index contributed by atoms with van der Waals surface area (Å²) in [6.07, 6.45) is 6.75. The molecule has 0 aromatic carbocycles. The molecule has 4 heterocycles. The molecule has 0 spiro atoms. The van der Waals surface area contributed by atoms with Gasteiger partial charge in [0, 0.05) is 59.2 Å². The lowest BCUT2D eigenvalue weighted by Gasteiger charge is -2.40. The third kappa shape index (κ3) is 8.12. The van der Waals surface area contributed by atoms with E-state index in [0.717, 1.165) is 40.6 Å². The van der Waals surface area contributed by atoms with Crippen molar-refractivity contribution in [1.82, 2.24) is 31.1 Å². The highest BCUT2D eigenvalue weighted by Gasteiger charge is 2.45. The van der Waals surface area contributed by atoms with Gasteiger partial charge in [-0.05, 0) is 95.7 Å². The van der Waals surface area contributed by atoms with Gasteiger partial charge < -0.3 is 21.3 Å². The lowest BCUT2D eigenvalue weighted by atomic mass is 9.91. The summed E-state index contributed by atoms with van der Waals surface area (Å²) in [5, 5.41) is 13.7. The second kappa shape index (κ2) is 14.3. The Bertz CT molecular complexity index is 1140. The molecule has 0 bridgehead atoms. The number of carbonyl (C=O) groups excluding carboxylic acids is 4. The van der Waals surface area contributed by atoms with Gasteiger partial charge >= 0.3 is 0 Å². The van der Waals surface area contributed by atoms with Crippen LogP contribution in [0.2, 0.25) is 0 Å². The first-order chi connectivity index (χ1) is 20.3. The first-order valence-corrected chi connectivity index (χ1v) is 17.6. The summed E-state index contributed by atoms with van der Waals surface area (Å²) in [6.45, 7) is 10.0. The first kappa shape index (κ1) is 33.7. The third-order valence-corrected chi connectivity index (χ3v) is 11.2. The predicted molar refractivity (Wildman–Crippen MR) is 180 cm³/mol. The van der Waals surface area contributed by atoms with Crippen molar-refractivity contribution in [3.8, 4) is 0 Å². The summed E-state index contributed by atoms with van der Waals surface area (Å²) in [4.78, 5) is 56.0. The number of thiocarbonyl (C=S) groups is 2. The Labute approximate surface area is 273 Å². The van der Waals surface area contributed by atoms with E-state index in [1.807, 2.05) is 27.7 Å². The molecule has 43 heavy (non-hydrogen) atoms. The smallest absolute Gasteiger partial charge is 0.254 e. The second-order valence-electron chi connectivity index (χ2n) is 12.3. The molecule has 236 valence electrons. The molecule has 0 aromatic rings. The Kier molecular flexibility index (Phi) is 11.2. The van der Waals surface area contributed by atoms with Crippen molar-refractivity contribution >= 4 is 81.8 Å². The molecule has 4 N–H and O–H groups in total. The standard InChI is InChI=1S/C29H42N6O4S4/c1-28(2,34-22(36)16-20-18(24(34)38)6-14-42-20)8-12-32-26(40)30-10-5-11-31-27(41)33-13-9-29(3,4)35-23(37)17-21-19(25(35)39)7-15-43-21/h16-19H,5-15H2,1-4H3,(H2,30,32,40)(H2,31,33,41). The van der Waals surface area contributed by atoms with Gasteiger partial charge in [-0.1, -0.05) is 0 Å². The van der Waals surface area contributed by atoms with Crippen molar-refractivity contribution in [2.24, 2.45) is 11.8 Å². The van der Waals surface area contributed by atoms with Crippen LogP contribution in [-0.4, -0.2) is 92.4 Å². The maximum absolute atomic E-state index is 13.0. The molecule has 2 saturated heterocycles. The van der Waals surface area contributed by atoms with Gasteiger partial charge in [0.15, 0.2) is 10.2 Å². The molecule has 4 rings (SSSR count). The van der Waals surface area contributed by atoms with Crippen LogP contribution >= 0.6 is 48.0 Å². The van der Waals surface area contributed by atoms with Gasteiger partial charge in [-0.3, -0.25) is 29.0 Å². The quantitative estimate of drug-likeness (QED) is 0.139. The SMILES string of the molecule is CC(C)(CCNC(=S)NCCCNC(=S)NCCC(C)(C)N1C(=O)C=C2SCCC2C1=O)N1C(=O)C=C2SCCC2C1=O. The monoisotopic (exact) mass is 666 g/mol. The number of hydrogen-bond acceptors (Lipinski definition) is 8. The van der Waals surface area contributed by atoms with Crippen LogP contribution in [0.4, 0.5) is 0 Å². The number of imide groups is 2. The molecule has 10 nitrogen and oxygen atoms in total. The summed E-state index contributed by atoms with van der Waals surface area (Å²) in [6, 6.07) is 0. The van der Waals surface area contributed by atoms with Gasteiger partial charge in [-0.15, -0.1) is 23.5 Å². The molecule has 4 aliphatic rings. The maximum atomic E-state index is 13.0. The van der Waals surface area contributed by atoms with Crippen LogP contribution in [0, 0.1) is 11.8 Å². The summed E-state index contributed by atoms with van der Waals surface area (Å²) in [5.41, 5.74) is -1.25. The van der Waals surface area contributed by atoms with Crippen molar-refractivity contribution in [2.45, 2.75) is 70.9 Å². The predicted octanol–water partition coefficient (Wildman–Crippen LogP) is 2.65. The zero-order valence-electron chi connectivity index (χ0n) is 25.2. The van der Waals surface area contributed by atoms with Gasteiger partial charge in [-0.2, -0.15) is 0 Å². The fourth-order valence-electron chi connectivity index (χ4n) is 5.75. The van der Waals surface area contributed by atoms with E-state index < -0.39 is 11.1 Å². The number of fused-ring (bicyclic) bond motifs is 2. The van der Waals surface area contributed by atoms with Crippen LogP contribution in [0.3, 0.4) is 0 Å². The zero-order chi connectivity index (χ0) is 31.4. The van der Waals surface area contributed by atoms with Gasteiger partial charge in [0.2, 0.25) is 11.8 Å². The van der Waals surface area contributed by atoms with Crippen molar-refractivity contribution in [3.05, 3.63) is 22.0 Å². The minimum Gasteiger partial charge on any atom is -0.363 e. The number of nitrogens with one attached hydrogen (secondary N) is 4. The van der Waals surface area contributed by atoms with Crippen LogP contribution in [0.1, 0.15) is 59.8 Å².